The predicted octanol–water partition coefficient (Wildman–Crippen LogP) is 1.12. The van der Waals surface area contributed by atoms with Crippen molar-refractivity contribution in [3.8, 4) is 0 Å². The molecule has 1 aliphatic carbocycles. The van der Waals surface area contributed by atoms with E-state index in [1.807, 2.05) is 12.2 Å². The molecular weight excluding hydrogens is 492 g/mol. The Morgan fingerprint density at radius 1 is 1.16 bits per heavy atom. The van der Waals surface area contributed by atoms with Crippen LogP contribution in [0.25, 0.3) is 0 Å². The number of hydrogen-bond donors (Lipinski definition) is 3. The van der Waals surface area contributed by atoms with Gasteiger partial charge < -0.3 is 30.3 Å². The second-order valence-electron chi connectivity index (χ2n) is 12.4. The fourth-order valence-electron chi connectivity index (χ4n) is 6.29. The van der Waals surface area contributed by atoms with Gasteiger partial charge >= 0.3 is 12.1 Å². The Morgan fingerprint density at radius 3 is 2.53 bits per heavy atom. The lowest BCUT2D eigenvalue weighted by Crippen LogP contribution is -2.58. The number of alkyl carbamates (subject to hydrolysis) is 1. The van der Waals surface area contributed by atoms with E-state index in [4.69, 9.17) is 9.47 Å². The molecule has 38 heavy (non-hydrogen) atoms. The van der Waals surface area contributed by atoms with E-state index < -0.39 is 47.6 Å². The summed E-state index contributed by atoms with van der Waals surface area (Å²) >= 11 is 0. The number of amides is 4. The van der Waals surface area contributed by atoms with E-state index in [9.17, 15) is 24.0 Å². The molecule has 3 N–H and O–H groups in total. The zero-order valence-corrected chi connectivity index (χ0v) is 23.0. The molecule has 3 aliphatic heterocycles. The van der Waals surface area contributed by atoms with Crippen LogP contribution in [0.2, 0.25) is 0 Å². The summed E-state index contributed by atoms with van der Waals surface area (Å²) in [6, 6.07) is -2.73. The molecule has 7 atom stereocenters. The van der Waals surface area contributed by atoms with E-state index in [1.54, 1.807) is 20.8 Å². The molecule has 0 radical (unpaired) electrons. The standard InChI is InChI=1S/C27H40N4O7/c1-26(2,3)38-25(36)30-17-10-8-7-9-14-12-28-21(32)15(14)11-18(24(35)37-6)29-22(33)20-19-16(27(19,4)5)13-31(20)23(17)34/h7,9,14-20H,8,10-13H2,1-6H3,(H,28,32)(H,29,33)(H,30,36)/b9-7-/t14-,15-,16-,17-,18-,19-,20-/m0/s1. The number of carbonyl (C=O) groups is 5. The van der Waals surface area contributed by atoms with E-state index in [0.29, 0.717) is 25.9 Å². The zero-order chi connectivity index (χ0) is 28.0. The maximum atomic E-state index is 13.8. The van der Waals surface area contributed by atoms with Gasteiger partial charge in [0.1, 0.15) is 23.7 Å². The molecule has 1 saturated carbocycles. The molecular formula is C27H40N4O7. The first-order valence-electron chi connectivity index (χ1n) is 13.4. The number of fused-ring (bicyclic) bond motifs is 4. The Kier molecular flexibility index (Phi) is 7.51. The molecule has 3 heterocycles. The normalized spacial score (nSPS) is 35.5. The molecule has 4 aliphatic rings. The minimum atomic E-state index is -1.03. The molecule has 0 aromatic carbocycles. The highest BCUT2D eigenvalue weighted by Crippen LogP contribution is 2.65. The molecule has 4 rings (SSSR count). The van der Waals surface area contributed by atoms with Crippen LogP contribution in [0.1, 0.15) is 53.9 Å². The number of piperidine rings is 1. The SMILES string of the molecule is COC(=O)[C@@H]1C[C@@H]2C(=O)NC[C@@H]2/C=C\CC[C@H](NC(=O)OC(C)(C)C)C(=O)N2C[C@H]3[C@@H]([C@H]2C(=O)N1)C3(C)C. The third-order valence-electron chi connectivity index (χ3n) is 8.41. The van der Waals surface area contributed by atoms with Gasteiger partial charge in [-0.15, -0.1) is 0 Å². The van der Waals surface area contributed by atoms with Gasteiger partial charge in [-0.1, -0.05) is 26.0 Å². The topological polar surface area (TPSA) is 143 Å². The Balaban J connectivity index is 1.66. The minimum Gasteiger partial charge on any atom is -0.467 e. The number of methoxy groups -OCH3 is 1. The number of allylic oxidation sites excluding steroid dienone is 1. The molecule has 0 aromatic heterocycles. The Morgan fingerprint density at radius 2 is 1.87 bits per heavy atom. The highest BCUT2D eigenvalue weighted by atomic mass is 16.6. The third kappa shape index (κ3) is 5.51. The van der Waals surface area contributed by atoms with Gasteiger partial charge in [0, 0.05) is 24.9 Å². The fraction of sp³-hybridized carbons (Fsp3) is 0.741. The molecule has 11 nitrogen and oxygen atoms in total. The van der Waals surface area contributed by atoms with Crippen LogP contribution in [0.15, 0.2) is 12.2 Å². The lowest BCUT2D eigenvalue weighted by atomic mass is 9.88. The average molecular weight is 533 g/mol. The van der Waals surface area contributed by atoms with Gasteiger partial charge in [-0.25, -0.2) is 9.59 Å². The highest BCUT2D eigenvalue weighted by molar-refractivity contribution is 5.95. The smallest absolute Gasteiger partial charge is 0.408 e. The van der Waals surface area contributed by atoms with Gasteiger partial charge in [0.2, 0.25) is 17.7 Å². The summed E-state index contributed by atoms with van der Waals surface area (Å²) in [6.07, 6.45) is 3.96. The van der Waals surface area contributed by atoms with Crippen LogP contribution in [0.5, 0.6) is 0 Å². The van der Waals surface area contributed by atoms with Crippen LogP contribution in [0.3, 0.4) is 0 Å². The van der Waals surface area contributed by atoms with E-state index in [0.717, 1.165) is 0 Å². The number of esters is 1. The molecule has 3 fully saturated rings. The van der Waals surface area contributed by atoms with Crippen molar-refractivity contribution in [2.24, 2.45) is 29.1 Å². The molecule has 2 saturated heterocycles. The van der Waals surface area contributed by atoms with Crippen LogP contribution in [-0.2, 0) is 28.7 Å². The van der Waals surface area contributed by atoms with Crippen LogP contribution in [0, 0.1) is 29.1 Å². The maximum Gasteiger partial charge on any atom is 0.408 e. The second-order valence-corrected chi connectivity index (χ2v) is 12.4. The molecule has 0 aromatic rings. The van der Waals surface area contributed by atoms with Crippen LogP contribution in [-0.4, -0.2) is 78.6 Å². The summed E-state index contributed by atoms with van der Waals surface area (Å²) < 4.78 is 10.4. The lowest BCUT2D eigenvalue weighted by molar-refractivity contribution is -0.148. The van der Waals surface area contributed by atoms with Crippen LogP contribution >= 0.6 is 0 Å². The predicted molar refractivity (Wildman–Crippen MR) is 136 cm³/mol. The summed E-state index contributed by atoms with van der Waals surface area (Å²) in [5.74, 6) is -2.28. The first-order chi connectivity index (χ1) is 17.7. The van der Waals surface area contributed by atoms with Crippen molar-refractivity contribution in [1.29, 1.82) is 0 Å². The zero-order valence-electron chi connectivity index (χ0n) is 23.0. The number of nitrogens with one attached hydrogen (secondary N) is 3. The summed E-state index contributed by atoms with van der Waals surface area (Å²) in [5, 5.41) is 8.36. The summed E-state index contributed by atoms with van der Waals surface area (Å²) in [7, 11) is 1.24. The number of hydrogen-bond acceptors (Lipinski definition) is 7. The van der Waals surface area contributed by atoms with Gasteiger partial charge in [0.25, 0.3) is 0 Å². The Bertz CT molecular complexity index is 1030. The van der Waals surface area contributed by atoms with Crippen LogP contribution in [0.4, 0.5) is 4.79 Å². The lowest BCUT2D eigenvalue weighted by Gasteiger charge is -2.34. The van der Waals surface area contributed by atoms with Crippen LogP contribution < -0.4 is 16.0 Å². The van der Waals surface area contributed by atoms with E-state index in [1.165, 1.54) is 12.0 Å². The summed E-state index contributed by atoms with van der Waals surface area (Å²) in [6.45, 7) is 10.1. The molecule has 0 bridgehead atoms. The fourth-order valence-corrected chi connectivity index (χ4v) is 6.29. The quantitative estimate of drug-likeness (QED) is 0.357. The van der Waals surface area contributed by atoms with Crippen molar-refractivity contribution in [3.05, 3.63) is 12.2 Å². The number of rotatable bonds is 2. The van der Waals surface area contributed by atoms with Gasteiger partial charge in [0.05, 0.1) is 7.11 Å². The van der Waals surface area contributed by atoms with Crippen molar-refractivity contribution >= 4 is 29.8 Å². The largest absolute Gasteiger partial charge is 0.467 e. The van der Waals surface area contributed by atoms with E-state index >= 15 is 0 Å². The molecule has 210 valence electrons. The van der Waals surface area contributed by atoms with E-state index in [-0.39, 0.29) is 41.4 Å². The minimum absolute atomic E-state index is 0.0812. The Labute approximate surface area is 223 Å². The van der Waals surface area contributed by atoms with Crippen molar-refractivity contribution in [2.45, 2.75) is 77.6 Å². The molecule has 4 amide bonds. The summed E-state index contributed by atoms with van der Waals surface area (Å²) in [5.41, 5.74) is -0.880. The highest BCUT2D eigenvalue weighted by Gasteiger charge is 2.69. The molecule has 0 spiro atoms. The first kappa shape index (κ1) is 27.9. The Hall–Kier alpha value is -3.11. The van der Waals surface area contributed by atoms with Gasteiger partial charge in [0.15, 0.2) is 0 Å². The van der Waals surface area contributed by atoms with Crippen molar-refractivity contribution < 1.29 is 33.4 Å². The molecule has 0 unspecified atom stereocenters. The average Bonchev–Trinajstić information content (AvgIpc) is 3.13. The number of nitrogens with zero attached hydrogens (tertiary/aromatic N) is 1. The van der Waals surface area contributed by atoms with Crippen molar-refractivity contribution in [3.63, 3.8) is 0 Å². The second kappa shape index (κ2) is 10.2. The monoisotopic (exact) mass is 532 g/mol. The van der Waals surface area contributed by atoms with Crippen molar-refractivity contribution in [1.82, 2.24) is 20.9 Å². The third-order valence-corrected chi connectivity index (χ3v) is 8.41. The van der Waals surface area contributed by atoms with Crippen molar-refractivity contribution in [2.75, 3.05) is 20.2 Å². The molecule has 11 heteroatoms. The summed E-state index contributed by atoms with van der Waals surface area (Å²) in [4.78, 5) is 67.0. The van der Waals surface area contributed by atoms with Gasteiger partial charge in [-0.3, -0.25) is 14.4 Å². The van der Waals surface area contributed by atoms with Gasteiger partial charge in [-0.05, 0) is 57.3 Å². The maximum absolute atomic E-state index is 13.8. The van der Waals surface area contributed by atoms with Gasteiger partial charge in [-0.2, -0.15) is 0 Å². The number of ether oxygens (including phenoxy) is 2. The van der Waals surface area contributed by atoms with E-state index in [2.05, 4.69) is 29.8 Å². The first-order valence-corrected chi connectivity index (χ1v) is 13.4. The number of carbonyl (C=O) groups excluding carboxylic acids is 5.